The molecule has 8 nitrogen and oxygen atoms in total. The molecule has 0 aliphatic heterocycles. The molecule has 9 heteroatoms. The maximum atomic E-state index is 12.0. The number of thioether (sulfide) groups is 1. The lowest BCUT2D eigenvalue weighted by Gasteiger charge is -2.07. The first-order valence-electron chi connectivity index (χ1n) is 9.23. The topological polar surface area (TPSA) is 99.2 Å². The van der Waals surface area contributed by atoms with Crippen molar-refractivity contribution in [3.63, 3.8) is 0 Å². The normalized spacial score (nSPS) is 10.7. The van der Waals surface area contributed by atoms with Crippen molar-refractivity contribution in [1.82, 2.24) is 20.1 Å². The van der Waals surface area contributed by atoms with Gasteiger partial charge in [-0.15, -0.1) is 10.2 Å². The summed E-state index contributed by atoms with van der Waals surface area (Å²) in [7, 11) is 0. The standard InChI is InChI=1S/C20H22N4O4S/c1-2-24-19(16-9-6-12-27-16)22-23-20(24)29-14-18(26)28-13-17(25)21-11-10-15-7-4-3-5-8-15/h3-9,12H,2,10-11,13-14H2,1H3,(H,21,25). The van der Waals surface area contributed by atoms with Gasteiger partial charge in [0.1, 0.15) is 0 Å². The molecule has 0 fully saturated rings. The number of carbonyl (C=O) groups is 2. The maximum absolute atomic E-state index is 12.0. The van der Waals surface area contributed by atoms with Gasteiger partial charge in [0.15, 0.2) is 23.3 Å². The SMILES string of the molecule is CCn1c(SCC(=O)OCC(=O)NCCc2ccccc2)nnc1-c1ccco1. The van der Waals surface area contributed by atoms with Gasteiger partial charge in [-0.25, -0.2) is 0 Å². The number of hydrogen-bond acceptors (Lipinski definition) is 7. The molecule has 2 heterocycles. The monoisotopic (exact) mass is 414 g/mol. The van der Waals surface area contributed by atoms with E-state index in [2.05, 4.69) is 15.5 Å². The second-order valence-electron chi connectivity index (χ2n) is 6.06. The quantitative estimate of drug-likeness (QED) is 0.402. The van der Waals surface area contributed by atoms with Gasteiger partial charge >= 0.3 is 5.97 Å². The van der Waals surface area contributed by atoms with Gasteiger partial charge in [0, 0.05) is 13.1 Å². The Labute approximate surface area is 172 Å². The van der Waals surface area contributed by atoms with Crippen LogP contribution in [0.4, 0.5) is 0 Å². The second-order valence-corrected chi connectivity index (χ2v) is 7.01. The van der Waals surface area contributed by atoms with Crippen LogP contribution < -0.4 is 5.32 Å². The number of rotatable bonds is 10. The van der Waals surface area contributed by atoms with Crippen LogP contribution in [0.2, 0.25) is 0 Å². The molecule has 0 aliphatic rings. The highest BCUT2D eigenvalue weighted by atomic mass is 32.2. The molecule has 1 amide bonds. The second kappa shape index (κ2) is 10.5. The molecule has 3 aromatic rings. The Kier molecular flexibility index (Phi) is 7.46. The number of hydrogen-bond donors (Lipinski definition) is 1. The number of amides is 1. The lowest BCUT2D eigenvalue weighted by atomic mass is 10.1. The van der Waals surface area contributed by atoms with Crippen molar-refractivity contribution in [2.45, 2.75) is 25.0 Å². The zero-order valence-corrected chi connectivity index (χ0v) is 16.9. The van der Waals surface area contributed by atoms with Crippen LogP contribution >= 0.6 is 11.8 Å². The summed E-state index contributed by atoms with van der Waals surface area (Å²) in [6.07, 6.45) is 2.29. The third kappa shape index (κ3) is 5.95. The zero-order valence-electron chi connectivity index (χ0n) is 16.0. The summed E-state index contributed by atoms with van der Waals surface area (Å²) < 4.78 is 12.2. The number of esters is 1. The zero-order chi connectivity index (χ0) is 20.5. The highest BCUT2D eigenvalue weighted by Crippen LogP contribution is 2.24. The van der Waals surface area contributed by atoms with Crippen molar-refractivity contribution in [2.75, 3.05) is 18.9 Å². The van der Waals surface area contributed by atoms with E-state index in [1.165, 1.54) is 11.8 Å². The van der Waals surface area contributed by atoms with E-state index in [1.807, 2.05) is 41.8 Å². The Morgan fingerprint density at radius 2 is 2.00 bits per heavy atom. The van der Waals surface area contributed by atoms with Gasteiger partial charge in [0.05, 0.1) is 12.0 Å². The molecule has 0 saturated heterocycles. The fraction of sp³-hybridized carbons (Fsp3) is 0.300. The lowest BCUT2D eigenvalue weighted by molar-refractivity contribution is -0.145. The number of nitrogens with one attached hydrogen (secondary N) is 1. The maximum Gasteiger partial charge on any atom is 0.316 e. The predicted molar refractivity (Wildman–Crippen MR) is 108 cm³/mol. The van der Waals surface area contributed by atoms with Gasteiger partial charge in [-0.2, -0.15) is 0 Å². The van der Waals surface area contributed by atoms with E-state index in [9.17, 15) is 9.59 Å². The van der Waals surface area contributed by atoms with Gasteiger partial charge in [0.2, 0.25) is 0 Å². The summed E-state index contributed by atoms with van der Waals surface area (Å²) in [6, 6.07) is 13.4. The Morgan fingerprint density at radius 3 is 2.72 bits per heavy atom. The minimum Gasteiger partial charge on any atom is -0.461 e. The number of furan rings is 1. The van der Waals surface area contributed by atoms with E-state index >= 15 is 0 Å². The molecule has 0 aliphatic carbocycles. The van der Waals surface area contributed by atoms with Crippen molar-refractivity contribution in [2.24, 2.45) is 0 Å². The van der Waals surface area contributed by atoms with E-state index in [-0.39, 0.29) is 18.3 Å². The smallest absolute Gasteiger partial charge is 0.316 e. The molecule has 0 saturated carbocycles. The lowest BCUT2D eigenvalue weighted by Crippen LogP contribution is -2.30. The Hall–Kier alpha value is -3.07. The number of aromatic nitrogens is 3. The summed E-state index contributed by atoms with van der Waals surface area (Å²) in [6.45, 7) is 2.78. The Morgan fingerprint density at radius 1 is 1.17 bits per heavy atom. The van der Waals surface area contributed by atoms with Crippen LogP contribution in [0, 0.1) is 0 Å². The van der Waals surface area contributed by atoms with Crippen LogP contribution in [-0.4, -0.2) is 45.5 Å². The molecule has 0 spiro atoms. The molecule has 1 aromatic carbocycles. The fourth-order valence-electron chi connectivity index (χ4n) is 2.62. The fourth-order valence-corrected chi connectivity index (χ4v) is 3.42. The molecule has 1 N–H and O–H groups in total. The Balaban J connectivity index is 1.39. The first-order chi connectivity index (χ1) is 14.2. The molecule has 0 radical (unpaired) electrons. The molecular formula is C20H22N4O4S. The van der Waals surface area contributed by atoms with Crippen LogP contribution in [0.5, 0.6) is 0 Å². The highest BCUT2D eigenvalue weighted by molar-refractivity contribution is 7.99. The average molecular weight is 414 g/mol. The molecule has 0 bridgehead atoms. The van der Waals surface area contributed by atoms with Crippen molar-refractivity contribution >= 4 is 23.6 Å². The van der Waals surface area contributed by atoms with Crippen LogP contribution in [0.1, 0.15) is 12.5 Å². The summed E-state index contributed by atoms with van der Waals surface area (Å²) in [5, 5.41) is 11.6. The molecular weight excluding hydrogens is 392 g/mol. The summed E-state index contributed by atoms with van der Waals surface area (Å²) in [5.74, 6) is 0.440. The molecule has 152 valence electrons. The predicted octanol–water partition coefficient (Wildman–Crippen LogP) is 2.55. The van der Waals surface area contributed by atoms with Crippen molar-refractivity contribution < 1.29 is 18.7 Å². The van der Waals surface area contributed by atoms with Crippen molar-refractivity contribution in [1.29, 1.82) is 0 Å². The van der Waals surface area contributed by atoms with Crippen LogP contribution in [0.25, 0.3) is 11.6 Å². The third-order valence-corrected chi connectivity index (χ3v) is 4.98. The van der Waals surface area contributed by atoms with Crippen LogP contribution in [-0.2, 0) is 27.3 Å². The van der Waals surface area contributed by atoms with Gasteiger partial charge < -0.3 is 14.5 Å². The highest BCUT2D eigenvalue weighted by Gasteiger charge is 2.17. The summed E-state index contributed by atoms with van der Waals surface area (Å²) >= 11 is 1.21. The molecule has 3 rings (SSSR count). The van der Waals surface area contributed by atoms with E-state index in [1.54, 1.807) is 18.4 Å². The summed E-state index contributed by atoms with van der Waals surface area (Å²) in [4.78, 5) is 23.8. The first-order valence-corrected chi connectivity index (χ1v) is 10.2. The van der Waals surface area contributed by atoms with E-state index in [0.29, 0.717) is 29.8 Å². The van der Waals surface area contributed by atoms with Crippen molar-refractivity contribution in [3.8, 4) is 11.6 Å². The third-order valence-electron chi connectivity index (χ3n) is 4.04. The minimum absolute atomic E-state index is 0.0353. The molecule has 29 heavy (non-hydrogen) atoms. The van der Waals surface area contributed by atoms with Gasteiger partial charge in [-0.3, -0.25) is 14.2 Å². The van der Waals surface area contributed by atoms with Gasteiger partial charge in [-0.05, 0) is 31.0 Å². The Bertz CT molecular complexity index is 925. The number of carbonyl (C=O) groups excluding carboxylic acids is 2. The van der Waals surface area contributed by atoms with E-state index in [4.69, 9.17) is 9.15 Å². The minimum atomic E-state index is -0.488. The van der Waals surface area contributed by atoms with Gasteiger partial charge in [-0.1, -0.05) is 42.1 Å². The molecule has 0 atom stereocenters. The van der Waals surface area contributed by atoms with Crippen LogP contribution in [0.15, 0.2) is 58.3 Å². The number of benzene rings is 1. The molecule has 0 unspecified atom stereocenters. The van der Waals surface area contributed by atoms with E-state index in [0.717, 1.165) is 12.0 Å². The average Bonchev–Trinajstić information content (AvgIpc) is 3.40. The van der Waals surface area contributed by atoms with Crippen LogP contribution in [0.3, 0.4) is 0 Å². The largest absolute Gasteiger partial charge is 0.461 e. The first kappa shape index (κ1) is 20.7. The summed E-state index contributed by atoms with van der Waals surface area (Å²) in [5.41, 5.74) is 1.13. The van der Waals surface area contributed by atoms with Crippen molar-refractivity contribution in [3.05, 3.63) is 54.3 Å². The van der Waals surface area contributed by atoms with E-state index < -0.39 is 5.97 Å². The molecule has 2 aromatic heterocycles. The van der Waals surface area contributed by atoms with Gasteiger partial charge in [0.25, 0.3) is 5.91 Å². The number of ether oxygens (including phenoxy) is 1. The number of nitrogens with zero attached hydrogens (tertiary/aromatic N) is 3.